The first-order valence-corrected chi connectivity index (χ1v) is 10.8. The largest absolute Gasteiger partial charge is 0.496 e. The Morgan fingerprint density at radius 3 is 2.59 bits per heavy atom. The van der Waals surface area contributed by atoms with Gasteiger partial charge < -0.3 is 14.0 Å². The zero-order chi connectivity index (χ0) is 23.3. The Kier molecular flexibility index (Phi) is 7.48. The summed E-state index contributed by atoms with van der Waals surface area (Å²) in [4.78, 5) is 24.9. The molecule has 8 heteroatoms. The third-order valence-electron chi connectivity index (χ3n) is 4.89. The zero-order valence-corrected chi connectivity index (χ0v) is 19.9. The van der Waals surface area contributed by atoms with E-state index in [-0.39, 0.29) is 11.9 Å². The van der Waals surface area contributed by atoms with Crippen LogP contribution in [-0.2, 0) is 4.74 Å². The number of ether oxygens (including phenoxy) is 2. The topological polar surface area (TPSA) is 81.9 Å². The van der Waals surface area contributed by atoms with Crippen LogP contribution in [0.1, 0.15) is 44.6 Å². The summed E-state index contributed by atoms with van der Waals surface area (Å²) in [6, 6.07) is 14.4. The van der Waals surface area contributed by atoms with Gasteiger partial charge in [-0.3, -0.25) is 4.79 Å². The highest BCUT2D eigenvalue weighted by atomic mass is 79.9. The number of hydrazone groups is 1. The molecule has 0 radical (unpaired) electrons. The molecule has 166 valence electrons. The number of amides is 1. The standard InChI is InChI=1S/C24H24BrN3O4/c1-5-32-24(30)19-8-6-7-9-21(19)28-15(2)12-17(16(28)3)14-26-27-23(29)20-13-18(25)10-11-22(20)31-4/h6-14H,5H2,1-4H3,(H,27,29)/b26-14-. The summed E-state index contributed by atoms with van der Waals surface area (Å²) >= 11 is 3.36. The fraction of sp³-hybridized carbons (Fsp3) is 0.208. The number of carbonyl (C=O) groups is 2. The van der Waals surface area contributed by atoms with Crippen LogP contribution in [0.5, 0.6) is 5.75 Å². The summed E-state index contributed by atoms with van der Waals surface area (Å²) in [6.45, 7) is 5.95. The van der Waals surface area contributed by atoms with Crippen molar-refractivity contribution in [1.82, 2.24) is 9.99 Å². The van der Waals surface area contributed by atoms with Gasteiger partial charge in [0.1, 0.15) is 5.75 Å². The van der Waals surface area contributed by atoms with Crippen LogP contribution in [0, 0.1) is 13.8 Å². The molecule has 0 aliphatic rings. The van der Waals surface area contributed by atoms with Crippen molar-refractivity contribution in [2.75, 3.05) is 13.7 Å². The highest BCUT2D eigenvalue weighted by molar-refractivity contribution is 9.10. The SMILES string of the molecule is CCOC(=O)c1ccccc1-n1c(C)cc(/C=N\NC(=O)c2cc(Br)ccc2OC)c1C. The number of aryl methyl sites for hydroxylation is 1. The van der Waals surface area contributed by atoms with E-state index in [9.17, 15) is 9.59 Å². The Morgan fingerprint density at radius 1 is 1.12 bits per heavy atom. The molecule has 1 aromatic heterocycles. The van der Waals surface area contributed by atoms with E-state index in [1.807, 2.05) is 36.6 Å². The lowest BCUT2D eigenvalue weighted by atomic mass is 10.1. The monoisotopic (exact) mass is 497 g/mol. The lowest BCUT2D eigenvalue weighted by Gasteiger charge is -2.14. The predicted octanol–water partition coefficient (Wildman–Crippen LogP) is 4.81. The van der Waals surface area contributed by atoms with E-state index in [1.165, 1.54) is 7.11 Å². The molecule has 3 rings (SSSR count). The Bertz CT molecular complexity index is 1180. The van der Waals surface area contributed by atoms with Crippen LogP contribution < -0.4 is 10.2 Å². The number of aromatic nitrogens is 1. The molecule has 3 aromatic rings. The molecule has 0 bridgehead atoms. The van der Waals surface area contributed by atoms with Crippen LogP contribution in [0.25, 0.3) is 5.69 Å². The summed E-state index contributed by atoms with van der Waals surface area (Å²) in [5, 5.41) is 4.12. The van der Waals surface area contributed by atoms with Gasteiger partial charge in [0.2, 0.25) is 0 Å². The first-order valence-electron chi connectivity index (χ1n) is 9.99. The Morgan fingerprint density at radius 2 is 1.88 bits per heavy atom. The molecule has 1 amide bonds. The number of rotatable bonds is 7. The average Bonchev–Trinajstić information content (AvgIpc) is 3.06. The number of carbonyl (C=O) groups excluding carboxylic acids is 2. The van der Waals surface area contributed by atoms with Crippen LogP contribution in [0.4, 0.5) is 0 Å². The molecular formula is C24H24BrN3O4. The summed E-state index contributed by atoms with van der Waals surface area (Å²) < 4.78 is 13.2. The van der Waals surface area contributed by atoms with E-state index in [0.29, 0.717) is 23.5 Å². The van der Waals surface area contributed by atoms with Crippen LogP contribution in [0.2, 0.25) is 0 Å². The summed E-state index contributed by atoms with van der Waals surface area (Å²) in [7, 11) is 1.51. The number of benzene rings is 2. The minimum Gasteiger partial charge on any atom is -0.496 e. The van der Waals surface area contributed by atoms with E-state index in [2.05, 4.69) is 26.5 Å². The van der Waals surface area contributed by atoms with Gasteiger partial charge in [-0.2, -0.15) is 5.10 Å². The first-order chi connectivity index (χ1) is 15.4. The third kappa shape index (κ3) is 4.91. The molecule has 1 N–H and O–H groups in total. The maximum absolute atomic E-state index is 12.5. The maximum Gasteiger partial charge on any atom is 0.340 e. The normalized spacial score (nSPS) is 10.9. The Labute approximate surface area is 195 Å². The van der Waals surface area contributed by atoms with Crippen LogP contribution >= 0.6 is 15.9 Å². The van der Waals surface area contributed by atoms with Gasteiger partial charge in [0.25, 0.3) is 5.91 Å². The Balaban J connectivity index is 1.87. The number of para-hydroxylation sites is 1. The minimum absolute atomic E-state index is 0.303. The highest BCUT2D eigenvalue weighted by Gasteiger charge is 2.17. The average molecular weight is 498 g/mol. The van der Waals surface area contributed by atoms with Crippen LogP contribution in [0.15, 0.2) is 58.1 Å². The molecule has 0 fully saturated rings. The third-order valence-corrected chi connectivity index (χ3v) is 5.38. The van der Waals surface area contributed by atoms with E-state index in [1.54, 1.807) is 43.5 Å². The molecule has 0 saturated carbocycles. The van der Waals surface area contributed by atoms with Crippen molar-refractivity contribution >= 4 is 34.0 Å². The molecule has 0 spiro atoms. The van der Waals surface area contributed by atoms with E-state index in [4.69, 9.17) is 9.47 Å². The molecule has 0 aliphatic carbocycles. The van der Waals surface area contributed by atoms with Crippen molar-refractivity contribution in [3.8, 4) is 11.4 Å². The van der Waals surface area contributed by atoms with Crippen LogP contribution in [-0.4, -0.2) is 36.4 Å². The van der Waals surface area contributed by atoms with Gasteiger partial charge in [0, 0.05) is 21.4 Å². The van der Waals surface area contributed by atoms with Crippen molar-refractivity contribution in [3.63, 3.8) is 0 Å². The first kappa shape index (κ1) is 23.3. The molecule has 0 atom stereocenters. The lowest BCUT2D eigenvalue weighted by molar-refractivity contribution is 0.0526. The lowest BCUT2D eigenvalue weighted by Crippen LogP contribution is -2.18. The second-order valence-electron chi connectivity index (χ2n) is 6.94. The van der Waals surface area contributed by atoms with Gasteiger partial charge in [0.15, 0.2) is 0 Å². The van der Waals surface area contributed by atoms with Crippen molar-refractivity contribution in [1.29, 1.82) is 0 Å². The zero-order valence-electron chi connectivity index (χ0n) is 18.3. The van der Waals surface area contributed by atoms with Crippen LogP contribution in [0.3, 0.4) is 0 Å². The summed E-state index contributed by atoms with van der Waals surface area (Å²) in [5.74, 6) is -0.309. The van der Waals surface area contributed by atoms with E-state index >= 15 is 0 Å². The second-order valence-corrected chi connectivity index (χ2v) is 7.86. The number of esters is 1. The smallest absolute Gasteiger partial charge is 0.340 e. The van der Waals surface area contributed by atoms with Gasteiger partial charge in [-0.05, 0) is 57.2 Å². The number of hydrogen-bond acceptors (Lipinski definition) is 5. The molecule has 2 aromatic carbocycles. The molecular weight excluding hydrogens is 474 g/mol. The highest BCUT2D eigenvalue weighted by Crippen LogP contribution is 2.24. The van der Waals surface area contributed by atoms with Gasteiger partial charge in [-0.1, -0.05) is 28.1 Å². The fourth-order valence-corrected chi connectivity index (χ4v) is 3.78. The number of hydrogen-bond donors (Lipinski definition) is 1. The molecule has 0 saturated heterocycles. The van der Waals surface area contributed by atoms with E-state index in [0.717, 1.165) is 27.1 Å². The Hall–Kier alpha value is -3.39. The molecule has 7 nitrogen and oxygen atoms in total. The van der Waals surface area contributed by atoms with Crippen molar-refractivity contribution in [2.24, 2.45) is 5.10 Å². The van der Waals surface area contributed by atoms with E-state index < -0.39 is 0 Å². The summed E-state index contributed by atoms with van der Waals surface area (Å²) in [6.07, 6.45) is 1.58. The van der Waals surface area contributed by atoms with Gasteiger partial charge in [-0.25, -0.2) is 10.2 Å². The maximum atomic E-state index is 12.5. The van der Waals surface area contributed by atoms with Crippen molar-refractivity contribution < 1.29 is 19.1 Å². The fourth-order valence-electron chi connectivity index (χ4n) is 3.42. The number of nitrogens with one attached hydrogen (secondary N) is 1. The van der Waals surface area contributed by atoms with Gasteiger partial charge in [-0.15, -0.1) is 0 Å². The number of nitrogens with zero attached hydrogens (tertiary/aromatic N) is 2. The molecule has 0 aliphatic heterocycles. The number of methoxy groups -OCH3 is 1. The quantitative estimate of drug-likeness (QED) is 0.288. The molecule has 32 heavy (non-hydrogen) atoms. The second kappa shape index (κ2) is 10.3. The van der Waals surface area contributed by atoms with Crippen molar-refractivity contribution in [2.45, 2.75) is 20.8 Å². The number of halogens is 1. The minimum atomic E-state index is -0.388. The van der Waals surface area contributed by atoms with Gasteiger partial charge in [0.05, 0.1) is 36.7 Å². The molecule has 1 heterocycles. The molecule has 0 unspecified atom stereocenters. The predicted molar refractivity (Wildman–Crippen MR) is 127 cm³/mol. The summed E-state index contributed by atoms with van der Waals surface area (Å²) in [5.41, 5.74) is 6.71. The van der Waals surface area contributed by atoms with Gasteiger partial charge >= 0.3 is 5.97 Å². The van der Waals surface area contributed by atoms with Crippen molar-refractivity contribution in [3.05, 3.63) is 81.1 Å².